The van der Waals surface area contributed by atoms with E-state index in [9.17, 15) is 8.42 Å². The Bertz CT molecular complexity index is 1090. The Kier molecular flexibility index (Phi) is 4.14. The molecule has 1 aliphatic rings. The van der Waals surface area contributed by atoms with Crippen molar-refractivity contribution in [2.45, 2.75) is 18.4 Å². The monoisotopic (exact) mass is 416 g/mol. The molecule has 0 saturated heterocycles. The second-order valence-corrected chi connectivity index (χ2v) is 9.26. The first kappa shape index (κ1) is 16.7. The van der Waals surface area contributed by atoms with E-state index in [2.05, 4.69) is 27.3 Å². The Morgan fingerprint density at radius 1 is 1.12 bits per heavy atom. The Morgan fingerprint density at radius 2 is 1.96 bits per heavy atom. The molecular weight excluding hydrogens is 400 g/mol. The molecule has 4 rings (SSSR count). The largest absolute Gasteiger partial charge is 0.312 e. The number of hydrogen-bond acceptors (Lipinski definition) is 4. The molecule has 25 heavy (non-hydrogen) atoms. The maximum atomic E-state index is 12.5. The summed E-state index contributed by atoms with van der Waals surface area (Å²) in [4.78, 5) is 5.14. The van der Waals surface area contributed by atoms with Crippen LogP contribution in [0.2, 0.25) is 0 Å². The Balaban J connectivity index is 1.90. The van der Waals surface area contributed by atoms with Crippen LogP contribution in [-0.2, 0) is 16.4 Å². The topological polar surface area (TPSA) is 59.1 Å². The van der Waals surface area contributed by atoms with Gasteiger partial charge in [-0.1, -0.05) is 39.7 Å². The van der Waals surface area contributed by atoms with Gasteiger partial charge in [0.25, 0.3) is 0 Å². The van der Waals surface area contributed by atoms with Crippen LogP contribution in [0.1, 0.15) is 11.1 Å². The van der Waals surface area contributed by atoms with Crippen LogP contribution in [0.4, 0.5) is 0 Å². The summed E-state index contributed by atoms with van der Waals surface area (Å²) in [6.07, 6.45) is 0. The van der Waals surface area contributed by atoms with Crippen molar-refractivity contribution in [3.05, 3.63) is 58.1 Å². The number of pyridine rings is 1. The average Bonchev–Trinajstić information content (AvgIpc) is 2.73. The molecule has 0 bridgehead atoms. The molecule has 1 N–H and O–H groups in total. The molecule has 0 saturated carbocycles. The van der Waals surface area contributed by atoms with Gasteiger partial charge in [-0.3, -0.25) is 0 Å². The predicted octanol–water partition coefficient (Wildman–Crippen LogP) is 3.85. The van der Waals surface area contributed by atoms with Crippen LogP contribution in [0.5, 0.6) is 0 Å². The van der Waals surface area contributed by atoms with Gasteiger partial charge in [0.1, 0.15) is 0 Å². The smallest absolute Gasteiger partial charge is 0.179 e. The standard InChI is InChI=1S/C19H17BrN2O2S/c1-12-2-5-17-15(8-12)16(20)10-18(22-17)13-3-4-14-11-21-6-7-25(23,24)19(14)9-13/h2-5,8-10,21H,6-7,11H2,1H3. The van der Waals surface area contributed by atoms with E-state index in [1.807, 2.05) is 37.3 Å². The van der Waals surface area contributed by atoms with Crippen LogP contribution in [0, 0.1) is 6.92 Å². The Morgan fingerprint density at radius 3 is 2.80 bits per heavy atom. The molecule has 0 unspecified atom stereocenters. The number of halogens is 1. The highest BCUT2D eigenvalue weighted by atomic mass is 79.9. The quantitative estimate of drug-likeness (QED) is 0.654. The number of aryl methyl sites for hydroxylation is 1. The van der Waals surface area contributed by atoms with Crippen LogP contribution in [0.25, 0.3) is 22.2 Å². The summed E-state index contributed by atoms with van der Waals surface area (Å²) in [6, 6.07) is 13.6. The number of rotatable bonds is 1. The number of nitrogens with one attached hydrogen (secondary N) is 1. The molecule has 0 fully saturated rings. The summed E-state index contributed by atoms with van der Waals surface area (Å²) in [7, 11) is -3.27. The lowest BCUT2D eigenvalue weighted by Crippen LogP contribution is -2.17. The van der Waals surface area contributed by atoms with Gasteiger partial charge >= 0.3 is 0 Å². The van der Waals surface area contributed by atoms with Crippen molar-refractivity contribution in [2.75, 3.05) is 12.3 Å². The van der Waals surface area contributed by atoms with Gasteiger partial charge in [0.15, 0.2) is 9.84 Å². The van der Waals surface area contributed by atoms with Crippen molar-refractivity contribution in [1.29, 1.82) is 0 Å². The van der Waals surface area contributed by atoms with Crippen molar-refractivity contribution in [3.63, 3.8) is 0 Å². The maximum Gasteiger partial charge on any atom is 0.179 e. The summed E-state index contributed by atoms with van der Waals surface area (Å²) < 4.78 is 26.0. The molecular formula is C19H17BrN2O2S. The number of nitrogens with zero attached hydrogens (tertiary/aromatic N) is 1. The maximum absolute atomic E-state index is 12.5. The van der Waals surface area contributed by atoms with Gasteiger partial charge in [-0.2, -0.15) is 0 Å². The van der Waals surface area contributed by atoms with Gasteiger partial charge in [0, 0.05) is 28.5 Å². The third kappa shape index (κ3) is 3.10. The fourth-order valence-electron chi connectivity index (χ4n) is 3.14. The zero-order valence-electron chi connectivity index (χ0n) is 13.7. The Hall–Kier alpha value is -1.76. The highest BCUT2D eigenvalue weighted by molar-refractivity contribution is 9.10. The van der Waals surface area contributed by atoms with Crippen molar-refractivity contribution < 1.29 is 8.42 Å². The van der Waals surface area contributed by atoms with Gasteiger partial charge in [-0.25, -0.2) is 13.4 Å². The summed E-state index contributed by atoms with van der Waals surface area (Å²) in [6.45, 7) is 3.10. The molecule has 2 heterocycles. The highest BCUT2D eigenvalue weighted by Gasteiger charge is 2.22. The second-order valence-electron chi connectivity index (χ2n) is 6.33. The molecule has 128 valence electrons. The third-order valence-corrected chi connectivity index (χ3v) is 6.92. The minimum atomic E-state index is -3.27. The van der Waals surface area contributed by atoms with E-state index in [0.29, 0.717) is 18.0 Å². The van der Waals surface area contributed by atoms with E-state index in [4.69, 9.17) is 4.98 Å². The molecule has 0 atom stereocenters. The summed E-state index contributed by atoms with van der Waals surface area (Å²) in [5.41, 5.74) is 4.45. The molecule has 4 nitrogen and oxygen atoms in total. The average molecular weight is 417 g/mol. The van der Waals surface area contributed by atoms with Crippen LogP contribution in [-0.4, -0.2) is 25.7 Å². The lowest BCUT2D eigenvalue weighted by molar-refractivity contribution is 0.595. The molecule has 0 amide bonds. The van der Waals surface area contributed by atoms with Crippen molar-refractivity contribution >= 4 is 36.7 Å². The SMILES string of the molecule is Cc1ccc2nc(-c3ccc4c(c3)S(=O)(=O)CCNC4)cc(Br)c2c1. The number of aromatic nitrogens is 1. The normalized spacial score (nSPS) is 16.4. The molecule has 0 aliphatic carbocycles. The first-order valence-electron chi connectivity index (χ1n) is 8.08. The summed E-state index contributed by atoms with van der Waals surface area (Å²) in [5, 5.41) is 4.21. The first-order chi connectivity index (χ1) is 11.9. The van der Waals surface area contributed by atoms with E-state index in [1.165, 1.54) is 5.56 Å². The first-order valence-corrected chi connectivity index (χ1v) is 10.5. The molecule has 1 aromatic heterocycles. The third-order valence-electron chi connectivity index (χ3n) is 4.47. The van der Waals surface area contributed by atoms with Gasteiger partial charge in [-0.05, 0) is 36.8 Å². The molecule has 6 heteroatoms. The fourth-order valence-corrected chi connectivity index (χ4v) is 5.15. The zero-order valence-corrected chi connectivity index (χ0v) is 16.1. The number of fused-ring (bicyclic) bond motifs is 2. The van der Waals surface area contributed by atoms with E-state index < -0.39 is 9.84 Å². The molecule has 0 radical (unpaired) electrons. The van der Waals surface area contributed by atoms with Crippen molar-refractivity contribution in [1.82, 2.24) is 10.3 Å². The highest BCUT2D eigenvalue weighted by Crippen LogP contribution is 2.31. The lowest BCUT2D eigenvalue weighted by atomic mass is 10.1. The number of hydrogen-bond donors (Lipinski definition) is 1. The second kappa shape index (κ2) is 6.20. The van der Waals surface area contributed by atoms with Crippen LogP contribution in [0.15, 0.2) is 51.8 Å². The molecule has 2 aromatic carbocycles. The van der Waals surface area contributed by atoms with Crippen LogP contribution < -0.4 is 5.32 Å². The van der Waals surface area contributed by atoms with Gasteiger partial charge in [-0.15, -0.1) is 0 Å². The van der Waals surface area contributed by atoms with E-state index in [1.54, 1.807) is 6.07 Å². The van der Waals surface area contributed by atoms with E-state index >= 15 is 0 Å². The van der Waals surface area contributed by atoms with Gasteiger partial charge in [0.05, 0.1) is 21.9 Å². The Labute approximate surface area is 155 Å². The van der Waals surface area contributed by atoms with Gasteiger partial charge in [0.2, 0.25) is 0 Å². The lowest BCUT2D eigenvalue weighted by Gasteiger charge is -2.10. The van der Waals surface area contributed by atoms with E-state index in [0.717, 1.165) is 32.2 Å². The fraction of sp³-hybridized carbons (Fsp3) is 0.211. The molecule has 3 aromatic rings. The summed E-state index contributed by atoms with van der Waals surface area (Å²) in [5.74, 6) is 0.123. The number of benzene rings is 2. The van der Waals surface area contributed by atoms with Crippen LogP contribution in [0.3, 0.4) is 0 Å². The van der Waals surface area contributed by atoms with E-state index in [-0.39, 0.29) is 5.75 Å². The number of sulfone groups is 1. The molecule has 1 aliphatic heterocycles. The zero-order chi connectivity index (χ0) is 17.6. The minimum Gasteiger partial charge on any atom is -0.312 e. The van der Waals surface area contributed by atoms with Crippen LogP contribution >= 0.6 is 15.9 Å². The van der Waals surface area contributed by atoms with Crippen molar-refractivity contribution in [3.8, 4) is 11.3 Å². The summed E-state index contributed by atoms with van der Waals surface area (Å²) >= 11 is 3.62. The predicted molar refractivity (Wildman–Crippen MR) is 103 cm³/mol. The molecule has 0 spiro atoms. The minimum absolute atomic E-state index is 0.123. The van der Waals surface area contributed by atoms with Crippen molar-refractivity contribution in [2.24, 2.45) is 0 Å². The van der Waals surface area contributed by atoms with Gasteiger partial charge < -0.3 is 5.32 Å².